The highest BCUT2D eigenvalue weighted by Crippen LogP contribution is 2.22. The number of carbonyl (C=O) groups is 1. The number of benzene rings is 2. The summed E-state index contributed by atoms with van der Waals surface area (Å²) in [6, 6.07) is 16.9. The molecule has 26 heavy (non-hydrogen) atoms. The van der Waals surface area contributed by atoms with Gasteiger partial charge in [-0.05, 0) is 30.7 Å². The molecule has 0 saturated carbocycles. The number of esters is 1. The zero-order valence-electron chi connectivity index (χ0n) is 14.1. The Kier molecular flexibility index (Phi) is 6.07. The molecular formula is C20H16N2O3S. The molecule has 6 heteroatoms. The highest BCUT2D eigenvalue weighted by atomic mass is 32.2. The maximum Gasteiger partial charge on any atom is 0.339 e. The third-order valence-corrected chi connectivity index (χ3v) is 4.16. The van der Waals surface area contributed by atoms with Crippen LogP contribution in [0.5, 0.6) is 0 Å². The fraction of sp³-hybridized carbons (Fsp3) is 0.150. The summed E-state index contributed by atoms with van der Waals surface area (Å²) in [7, 11) is 0. The molecule has 0 amide bonds. The van der Waals surface area contributed by atoms with E-state index in [-0.39, 0.29) is 12.6 Å². The van der Waals surface area contributed by atoms with Crippen LogP contribution in [0.3, 0.4) is 0 Å². The van der Waals surface area contributed by atoms with Gasteiger partial charge in [0.2, 0.25) is 5.89 Å². The van der Waals surface area contributed by atoms with E-state index in [9.17, 15) is 4.79 Å². The van der Waals surface area contributed by atoms with Crippen molar-refractivity contribution in [3.8, 4) is 23.3 Å². The Morgan fingerprint density at radius 2 is 1.85 bits per heavy atom. The number of hydrogen-bond donors (Lipinski definition) is 0. The van der Waals surface area contributed by atoms with Crippen LogP contribution in [0.4, 0.5) is 0 Å². The Morgan fingerprint density at radius 1 is 1.08 bits per heavy atom. The zero-order valence-corrected chi connectivity index (χ0v) is 15.0. The molecule has 2 aromatic carbocycles. The largest absolute Gasteiger partial charge is 0.449 e. The molecule has 0 aliphatic rings. The van der Waals surface area contributed by atoms with Crippen LogP contribution in [-0.2, 0) is 4.74 Å². The van der Waals surface area contributed by atoms with E-state index in [0.717, 1.165) is 11.1 Å². The first kappa shape index (κ1) is 17.8. The molecule has 3 rings (SSSR count). The SMILES string of the molecule is Cc1ccccc1C(=O)OCC#CCSc1nnc(-c2ccccc2)o1. The molecule has 0 unspecified atom stereocenters. The first-order chi connectivity index (χ1) is 12.7. The molecule has 0 N–H and O–H groups in total. The molecular weight excluding hydrogens is 348 g/mol. The van der Waals surface area contributed by atoms with E-state index < -0.39 is 0 Å². The van der Waals surface area contributed by atoms with Gasteiger partial charge >= 0.3 is 5.97 Å². The average molecular weight is 364 g/mol. The number of thioether (sulfide) groups is 1. The van der Waals surface area contributed by atoms with Gasteiger partial charge < -0.3 is 9.15 Å². The lowest BCUT2D eigenvalue weighted by Gasteiger charge is -2.03. The average Bonchev–Trinajstić information content (AvgIpc) is 3.14. The summed E-state index contributed by atoms with van der Waals surface area (Å²) in [6.07, 6.45) is 0. The van der Waals surface area contributed by atoms with Crippen LogP contribution in [0.15, 0.2) is 64.2 Å². The third-order valence-electron chi connectivity index (χ3n) is 3.46. The first-order valence-corrected chi connectivity index (χ1v) is 8.93. The molecule has 0 fully saturated rings. The lowest BCUT2D eigenvalue weighted by molar-refractivity contribution is 0.0556. The van der Waals surface area contributed by atoms with Crippen LogP contribution in [0.25, 0.3) is 11.5 Å². The third kappa shape index (κ3) is 4.74. The van der Waals surface area contributed by atoms with E-state index in [1.807, 2.05) is 49.4 Å². The van der Waals surface area contributed by atoms with Crippen LogP contribution in [0.2, 0.25) is 0 Å². The number of aromatic nitrogens is 2. The second-order valence-electron chi connectivity index (χ2n) is 5.27. The van der Waals surface area contributed by atoms with Gasteiger partial charge in [-0.2, -0.15) is 0 Å². The van der Waals surface area contributed by atoms with Crippen LogP contribution < -0.4 is 0 Å². The minimum Gasteiger partial charge on any atom is -0.449 e. The maximum absolute atomic E-state index is 11.9. The molecule has 0 spiro atoms. The fourth-order valence-electron chi connectivity index (χ4n) is 2.15. The fourth-order valence-corrected chi connectivity index (χ4v) is 2.68. The van der Waals surface area contributed by atoms with E-state index in [4.69, 9.17) is 9.15 Å². The standard InChI is InChI=1S/C20H16N2O3S/c1-15-9-5-6-12-17(15)19(23)24-13-7-8-14-26-20-22-21-18(25-20)16-10-3-2-4-11-16/h2-6,9-12H,13-14H2,1H3. The molecule has 0 saturated heterocycles. The van der Waals surface area contributed by atoms with E-state index in [1.54, 1.807) is 12.1 Å². The molecule has 0 aliphatic carbocycles. The molecule has 1 heterocycles. The summed E-state index contributed by atoms with van der Waals surface area (Å²) in [5.41, 5.74) is 2.32. The second kappa shape index (κ2) is 8.88. The summed E-state index contributed by atoms with van der Waals surface area (Å²) in [5, 5.41) is 8.45. The van der Waals surface area contributed by atoms with Crippen molar-refractivity contribution in [3.05, 3.63) is 65.7 Å². The summed E-state index contributed by atoms with van der Waals surface area (Å²) < 4.78 is 10.7. The van der Waals surface area contributed by atoms with Crippen molar-refractivity contribution < 1.29 is 13.9 Å². The smallest absolute Gasteiger partial charge is 0.339 e. The molecule has 3 aromatic rings. The molecule has 5 nitrogen and oxygen atoms in total. The molecule has 0 radical (unpaired) electrons. The quantitative estimate of drug-likeness (QED) is 0.387. The lowest BCUT2D eigenvalue weighted by atomic mass is 10.1. The van der Waals surface area contributed by atoms with Gasteiger partial charge in [-0.15, -0.1) is 10.2 Å². The van der Waals surface area contributed by atoms with E-state index in [2.05, 4.69) is 22.0 Å². The summed E-state index contributed by atoms with van der Waals surface area (Å²) >= 11 is 1.34. The predicted octanol–water partition coefficient (Wildman–Crippen LogP) is 4.00. The van der Waals surface area contributed by atoms with Crippen LogP contribution in [0.1, 0.15) is 15.9 Å². The van der Waals surface area contributed by atoms with Gasteiger partial charge in [0.15, 0.2) is 6.61 Å². The Morgan fingerprint density at radius 3 is 2.65 bits per heavy atom. The Hall–Kier alpha value is -3.04. The molecule has 130 valence electrons. The van der Waals surface area contributed by atoms with Crippen molar-refractivity contribution in [1.82, 2.24) is 10.2 Å². The van der Waals surface area contributed by atoms with E-state index in [0.29, 0.717) is 22.4 Å². The zero-order chi connectivity index (χ0) is 18.2. The first-order valence-electron chi connectivity index (χ1n) is 7.94. The van der Waals surface area contributed by atoms with Crippen LogP contribution in [-0.4, -0.2) is 28.5 Å². The minimum atomic E-state index is -0.366. The Labute approximate surface area is 155 Å². The van der Waals surface area contributed by atoms with Gasteiger partial charge in [0.1, 0.15) is 0 Å². The maximum atomic E-state index is 11.9. The Bertz CT molecular complexity index is 942. The number of rotatable bonds is 5. The van der Waals surface area contributed by atoms with Crippen molar-refractivity contribution in [1.29, 1.82) is 0 Å². The topological polar surface area (TPSA) is 65.2 Å². The summed E-state index contributed by atoms with van der Waals surface area (Å²) in [4.78, 5) is 11.9. The number of nitrogens with zero attached hydrogens (tertiary/aromatic N) is 2. The summed E-state index contributed by atoms with van der Waals surface area (Å²) in [5.74, 6) is 6.31. The number of aryl methyl sites for hydroxylation is 1. The monoisotopic (exact) mass is 364 g/mol. The predicted molar refractivity (Wildman–Crippen MR) is 99.7 cm³/mol. The lowest BCUT2D eigenvalue weighted by Crippen LogP contribution is -2.07. The minimum absolute atomic E-state index is 0.0484. The molecule has 1 aromatic heterocycles. The van der Waals surface area contributed by atoms with Gasteiger partial charge in [0.05, 0.1) is 11.3 Å². The van der Waals surface area contributed by atoms with Gasteiger partial charge in [-0.1, -0.05) is 60.0 Å². The Balaban J connectivity index is 1.44. The van der Waals surface area contributed by atoms with Gasteiger partial charge in [0.25, 0.3) is 5.22 Å². The van der Waals surface area contributed by atoms with Crippen molar-refractivity contribution >= 4 is 17.7 Å². The number of hydrogen-bond acceptors (Lipinski definition) is 6. The second-order valence-corrected chi connectivity index (χ2v) is 6.20. The number of carbonyl (C=O) groups excluding carboxylic acids is 1. The molecule has 0 aliphatic heterocycles. The molecule has 0 atom stereocenters. The van der Waals surface area contributed by atoms with Gasteiger partial charge in [0, 0.05) is 5.56 Å². The summed E-state index contributed by atoms with van der Waals surface area (Å²) in [6.45, 7) is 1.92. The van der Waals surface area contributed by atoms with E-state index >= 15 is 0 Å². The van der Waals surface area contributed by atoms with Gasteiger partial charge in [-0.25, -0.2) is 4.79 Å². The van der Waals surface area contributed by atoms with Crippen molar-refractivity contribution in [3.63, 3.8) is 0 Å². The van der Waals surface area contributed by atoms with Crippen LogP contribution >= 0.6 is 11.8 Å². The van der Waals surface area contributed by atoms with Crippen molar-refractivity contribution in [2.75, 3.05) is 12.4 Å². The highest BCUT2D eigenvalue weighted by Gasteiger charge is 2.09. The molecule has 0 bridgehead atoms. The number of ether oxygens (including phenoxy) is 1. The van der Waals surface area contributed by atoms with Crippen molar-refractivity contribution in [2.45, 2.75) is 12.1 Å². The van der Waals surface area contributed by atoms with Crippen molar-refractivity contribution in [2.24, 2.45) is 0 Å². The highest BCUT2D eigenvalue weighted by molar-refractivity contribution is 7.99. The van der Waals surface area contributed by atoms with Crippen LogP contribution in [0, 0.1) is 18.8 Å². The van der Waals surface area contributed by atoms with Gasteiger partial charge in [-0.3, -0.25) is 0 Å². The normalized spacial score (nSPS) is 10.0. The van der Waals surface area contributed by atoms with E-state index in [1.165, 1.54) is 11.8 Å².